The molecule has 4 heterocycles. The summed E-state index contributed by atoms with van der Waals surface area (Å²) in [6.07, 6.45) is 5.88. The van der Waals surface area contributed by atoms with Gasteiger partial charge in [-0.25, -0.2) is 13.9 Å². The summed E-state index contributed by atoms with van der Waals surface area (Å²) in [7, 11) is 3.26. The molecule has 10 nitrogen and oxygen atoms in total. The maximum atomic E-state index is 15.2. The highest BCUT2D eigenvalue weighted by Gasteiger charge is 2.24. The molecule has 0 bridgehead atoms. The van der Waals surface area contributed by atoms with Crippen LogP contribution < -0.4 is 10.1 Å². The van der Waals surface area contributed by atoms with Crippen LogP contribution in [-0.2, 0) is 11.8 Å². The number of fused-ring (bicyclic) bond motifs is 1. The van der Waals surface area contributed by atoms with Gasteiger partial charge in [0.25, 0.3) is 5.91 Å². The fraction of sp³-hybridized carbons (Fsp3) is 0.261. The van der Waals surface area contributed by atoms with Gasteiger partial charge in [0.2, 0.25) is 5.88 Å². The maximum Gasteiger partial charge on any atom is 0.251 e. The first-order valence-electron chi connectivity index (χ1n) is 10.6. The Labute approximate surface area is 193 Å². The SMILES string of the molecule is CNC(=O)c1cc(C=O)c(F)c(-c2cnc3cc(-c4cnn(C)c4)c(O[C@H]4CCOC4)nn23)c1. The van der Waals surface area contributed by atoms with E-state index in [9.17, 15) is 9.59 Å². The number of imidazole rings is 1. The third kappa shape index (κ3) is 3.79. The maximum absolute atomic E-state index is 15.2. The molecule has 1 saturated heterocycles. The van der Waals surface area contributed by atoms with E-state index in [0.29, 0.717) is 43.0 Å². The summed E-state index contributed by atoms with van der Waals surface area (Å²) < 4.78 is 29.9. The molecule has 0 aliphatic carbocycles. The molecule has 1 aliphatic heterocycles. The van der Waals surface area contributed by atoms with Crippen molar-refractivity contribution in [2.24, 2.45) is 7.05 Å². The van der Waals surface area contributed by atoms with Crippen molar-refractivity contribution >= 4 is 17.8 Å². The highest BCUT2D eigenvalue weighted by atomic mass is 19.1. The highest BCUT2D eigenvalue weighted by Crippen LogP contribution is 2.33. The van der Waals surface area contributed by atoms with Crippen molar-refractivity contribution in [3.8, 4) is 28.3 Å². The Bertz CT molecular complexity index is 1410. The van der Waals surface area contributed by atoms with Crippen LogP contribution in [0.2, 0.25) is 0 Å². The second-order valence-electron chi connectivity index (χ2n) is 7.91. The number of carbonyl (C=O) groups is 2. The lowest BCUT2D eigenvalue weighted by molar-refractivity contribution is 0.0963. The van der Waals surface area contributed by atoms with Gasteiger partial charge >= 0.3 is 0 Å². The molecular formula is C23H21FN6O4. The van der Waals surface area contributed by atoms with Crippen molar-refractivity contribution in [2.45, 2.75) is 12.5 Å². The van der Waals surface area contributed by atoms with Crippen LogP contribution in [-0.4, -0.2) is 62.9 Å². The van der Waals surface area contributed by atoms with E-state index in [1.807, 2.05) is 6.20 Å². The van der Waals surface area contributed by atoms with E-state index in [0.717, 1.165) is 5.56 Å². The van der Waals surface area contributed by atoms with Crippen molar-refractivity contribution in [3.63, 3.8) is 0 Å². The van der Waals surface area contributed by atoms with Gasteiger partial charge in [-0.2, -0.15) is 5.10 Å². The minimum Gasteiger partial charge on any atom is -0.470 e. The van der Waals surface area contributed by atoms with Gasteiger partial charge in [0.1, 0.15) is 11.9 Å². The Kier molecular flexibility index (Phi) is 5.54. The van der Waals surface area contributed by atoms with Gasteiger partial charge in [0, 0.05) is 43.4 Å². The summed E-state index contributed by atoms with van der Waals surface area (Å²) in [5, 5.41) is 11.3. The van der Waals surface area contributed by atoms with Gasteiger partial charge < -0.3 is 14.8 Å². The van der Waals surface area contributed by atoms with Crippen LogP contribution in [0, 0.1) is 5.82 Å². The number of ether oxygens (including phenoxy) is 2. The molecule has 0 saturated carbocycles. The second kappa shape index (κ2) is 8.67. The number of halogens is 1. The lowest BCUT2D eigenvalue weighted by atomic mass is 10.0. The molecule has 0 radical (unpaired) electrons. The minimum atomic E-state index is -0.769. The fourth-order valence-corrected chi connectivity index (χ4v) is 3.90. The Morgan fingerprint density at radius 2 is 2.15 bits per heavy atom. The number of hydrogen-bond acceptors (Lipinski definition) is 7. The van der Waals surface area contributed by atoms with Crippen molar-refractivity contribution < 1.29 is 23.5 Å². The van der Waals surface area contributed by atoms with Gasteiger partial charge in [0.15, 0.2) is 11.9 Å². The number of nitrogens with one attached hydrogen (secondary N) is 1. The normalized spacial score (nSPS) is 15.6. The van der Waals surface area contributed by atoms with E-state index in [-0.39, 0.29) is 28.5 Å². The predicted molar refractivity (Wildman–Crippen MR) is 119 cm³/mol. The van der Waals surface area contributed by atoms with Crippen molar-refractivity contribution in [1.29, 1.82) is 0 Å². The summed E-state index contributed by atoms with van der Waals surface area (Å²) in [6.45, 7) is 1.03. The molecule has 5 rings (SSSR count). The van der Waals surface area contributed by atoms with Crippen LogP contribution in [0.25, 0.3) is 28.0 Å². The van der Waals surface area contributed by atoms with Gasteiger partial charge in [-0.15, -0.1) is 5.10 Å². The van der Waals surface area contributed by atoms with Crippen LogP contribution in [0.4, 0.5) is 4.39 Å². The average molecular weight is 464 g/mol. The van der Waals surface area contributed by atoms with Crippen LogP contribution in [0.5, 0.6) is 5.88 Å². The lowest BCUT2D eigenvalue weighted by Crippen LogP contribution is -2.19. The van der Waals surface area contributed by atoms with Gasteiger partial charge in [-0.05, 0) is 18.2 Å². The number of aldehydes is 1. The van der Waals surface area contributed by atoms with E-state index < -0.39 is 11.7 Å². The van der Waals surface area contributed by atoms with Crippen molar-refractivity contribution in [2.75, 3.05) is 20.3 Å². The molecule has 1 atom stereocenters. The zero-order valence-corrected chi connectivity index (χ0v) is 18.5. The number of rotatable bonds is 6. The molecule has 0 unspecified atom stereocenters. The first kappa shape index (κ1) is 21.7. The zero-order valence-electron chi connectivity index (χ0n) is 18.5. The van der Waals surface area contributed by atoms with Crippen LogP contribution >= 0.6 is 0 Å². The summed E-state index contributed by atoms with van der Waals surface area (Å²) in [5.74, 6) is -0.904. The zero-order chi connectivity index (χ0) is 23.8. The molecule has 3 aromatic heterocycles. The van der Waals surface area contributed by atoms with Crippen LogP contribution in [0.3, 0.4) is 0 Å². The molecule has 4 aromatic rings. The number of aryl methyl sites for hydroxylation is 1. The topological polar surface area (TPSA) is 113 Å². The number of hydrogen-bond donors (Lipinski definition) is 1. The van der Waals surface area contributed by atoms with E-state index in [1.54, 1.807) is 24.0 Å². The number of aromatic nitrogens is 5. The molecule has 1 fully saturated rings. The molecule has 34 heavy (non-hydrogen) atoms. The monoisotopic (exact) mass is 464 g/mol. The summed E-state index contributed by atoms with van der Waals surface area (Å²) in [6, 6.07) is 4.35. The standard InChI is InChI=1S/C23H21FN6O4/c1-25-22(32)13-5-14(11-31)21(24)18(6-13)19-9-26-20-7-17(15-8-27-29(2)10-15)23(28-30(19)20)34-16-3-4-33-12-16/h5-11,16H,3-4,12H2,1-2H3,(H,25,32)/t16-/m0/s1. The Morgan fingerprint density at radius 1 is 1.29 bits per heavy atom. The van der Waals surface area contributed by atoms with Gasteiger partial charge in [-0.1, -0.05) is 0 Å². The van der Waals surface area contributed by atoms with E-state index >= 15 is 4.39 Å². The predicted octanol–water partition coefficient (Wildman–Crippen LogP) is 2.28. The largest absolute Gasteiger partial charge is 0.470 e. The average Bonchev–Trinajstić information content (AvgIpc) is 3.60. The second-order valence-corrected chi connectivity index (χ2v) is 7.91. The number of amides is 1. The molecule has 11 heteroatoms. The Morgan fingerprint density at radius 3 is 2.82 bits per heavy atom. The summed E-state index contributed by atoms with van der Waals surface area (Å²) >= 11 is 0. The molecule has 1 N–H and O–H groups in total. The number of carbonyl (C=O) groups excluding carboxylic acids is 2. The lowest BCUT2D eigenvalue weighted by Gasteiger charge is -2.15. The van der Waals surface area contributed by atoms with Crippen molar-refractivity contribution in [1.82, 2.24) is 29.7 Å². The molecule has 174 valence electrons. The van der Waals surface area contributed by atoms with Crippen LogP contribution in [0.1, 0.15) is 27.1 Å². The Balaban J connectivity index is 1.70. The van der Waals surface area contributed by atoms with E-state index in [2.05, 4.69) is 20.5 Å². The van der Waals surface area contributed by atoms with E-state index in [1.165, 1.54) is 29.9 Å². The van der Waals surface area contributed by atoms with Crippen LogP contribution in [0.15, 0.2) is 36.8 Å². The number of benzene rings is 1. The highest BCUT2D eigenvalue weighted by molar-refractivity contribution is 5.97. The quantitative estimate of drug-likeness (QED) is 0.436. The minimum absolute atomic E-state index is 0.0208. The first-order valence-corrected chi connectivity index (χ1v) is 10.6. The molecule has 1 aromatic carbocycles. The third-order valence-electron chi connectivity index (χ3n) is 5.63. The molecule has 0 spiro atoms. The first-order chi connectivity index (χ1) is 16.5. The fourth-order valence-electron chi connectivity index (χ4n) is 3.90. The smallest absolute Gasteiger partial charge is 0.251 e. The molecule has 1 aliphatic rings. The van der Waals surface area contributed by atoms with E-state index in [4.69, 9.17) is 9.47 Å². The van der Waals surface area contributed by atoms with Gasteiger partial charge in [-0.3, -0.25) is 14.3 Å². The summed E-state index contributed by atoms with van der Waals surface area (Å²) in [5.41, 5.74) is 2.09. The third-order valence-corrected chi connectivity index (χ3v) is 5.63. The van der Waals surface area contributed by atoms with Gasteiger partial charge in [0.05, 0.1) is 42.4 Å². The summed E-state index contributed by atoms with van der Waals surface area (Å²) in [4.78, 5) is 28.1. The Hall–Kier alpha value is -4.12. The number of nitrogens with zero attached hydrogens (tertiary/aromatic N) is 5. The molecular weight excluding hydrogens is 443 g/mol. The molecule has 1 amide bonds. The van der Waals surface area contributed by atoms with Crippen molar-refractivity contribution in [3.05, 3.63) is 53.7 Å².